The summed E-state index contributed by atoms with van der Waals surface area (Å²) < 4.78 is 6.25. The lowest BCUT2D eigenvalue weighted by atomic mass is 10.2. The van der Waals surface area contributed by atoms with Gasteiger partial charge in [-0.25, -0.2) is 4.98 Å². The Morgan fingerprint density at radius 3 is 2.75 bits per heavy atom. The van der Waals surface area contributed by atoms with E-state index in [4.69, 9.17) is 16.1 Å². The molecule has 7 heteroatoms. The van der Waals surface area contributed by atoms with Crippen molar-refractivity contribution in [1.29, 1.82) is 0 Å². The van der Waals surface area contributed by atoms with E-state index in [0.29, 0.717) is 22.5 Å². The van der Waals surface area contributed by atoms with Crippen LogP contribution in [0.5, 0.6) is 0 Å². The molecule has 0 N–H and O–H groups in total. The van der Waals surface area contributed by atoms with E-state index in [1.165, 1.54) is 0 Å². The van der Waals surface area contributed by atoms with Gasteiger partial charge in [0.2, 0.25) is 11.7 Å². The molecule has 0 atom stereocenters. The lowest BCUT2D eigenvalue weighted by Gasteiger charge is -1.93. The Labute approximate surface area is 129 Å². The number of halogens is 1. The van der Waals surface area contributed by atoms with Gasteiger partial charge in [0.05, 0.1) is 5.75 Å². The molecule has 0 fully saturated rings. The highest BCUT2D eigenvalue weighted by atomic mass is 35.5. The van der Waals surface area contributed by atoms with Crippen molar-refractivity contribution in [3.8, 4) is 11.4 Å². The van der Waals surface area contributed by atoms with Crippen molar-refractivity contribution >= 4 is 34.7 Å². The average molecular weight is 324 g/mol. The summed E-state index contributed by atoms with van der Waals surface area (Å²) in [6.45, 7) is 1.98. The van der Waals surface area contributed by atoms with Gasteiger partial charge in [-0.1, -0.05) is 28.5 Å². The van der Waals surface area contributed by atoms with E-state index in [2.05, 4.69) is 15.1 Å². The number of aryl methyl sites for hydroxylation is 1. The van der Waals surface area contributed by atoms with Crippen LogP contribution >= 0.6 is 34.7 Å². The minimum atomic E-state index is 0.576. The maximum atomic E-state index is 5.85. The number of aromatic nitrogens is 3. The number of nitrogens with zero attached hydrogens (tertiary/aromatic N) is 3. The number of rotatable bonds is 4. The molecule has 2 aromatic heterocycles. The van der Waals surface area contributed by atoms with Crippen molar-refractivity contribution in [3.05, 3.63) is 46.3 Å². The molecule has 0 aliphatic carbocycles. The highest BCUT2D eigenvalue weighted by Gasteiger charge is 2.10. The third-order valence-corrected chi connectivity index (χ3v) is 4.86. The van der Waals surface area contributed by atoms with Crippen molar-refractivity contribution < 1.29 is 4.52 Å². The third-order valence-electron chi connectivity index (χ3n) is 2.49. The third kappa shape index (κ3) is 3.20. The highest BCUT2D eigenvalue weighted by Crippen LogP contribution is 2.26. The molecule has 0 aliphatic heterocycles. The van der Waals surface area contributed by atoms with E-state index in [1.54, 1.807) is 35.2 Å². The van der Waals surface area contributed by atoms with Crippen LogP contribution in [0.1, 0.15) is 11.6 Å². The molecule has 0 unspecified atom stereocenters. The molecule has 0 radical (unpaired) electrons. The SMILES string of the molecule is Cc1csc(SCc2nc(-c3ccc(Cl)cc3)no2)n1. The van der Waals surface area contributed by atoms with Gasteiger partial charge in [0.25, 0.3) is 0 Å². The van der Waals surface area contributed by atoms with Crippen molar-refractivity contribution in [3.63, 3.8) is 0 Å². The van der Waals surface area contributed by atoms with Gasteiger partial charge in [-0.2, -0.15) is 4.98 Å². The number of thiazole rings is 1. The predicted molar refractivity (Wildman–Crippen MR) is 81.2 cm³/mol. The fraction of sp³-hybridized carbons (Fsp3) is 0.154. The second-order valence-corrected chi connectivity index (χ2v) is 6.58. The van der Waals surface area contributed by atoms with Crippen molar-refractivity contribution in [2.24, 2.45) is 0 Å². The molecule has 0 saturated heterocycles. The van der Waals surface area contributed by atoms with Crippen LogP contribution in [0.25, 0.3) is 11.4 Å². The Balaban J connectivity index is 1.69. The van der Waals surface area contributed by atoms with Gasteiger partial charge < -0.3 is 4.52 Å². The molecule has 2 heterocycles. The summed E-state index contributed by atoms with van der Waals surface area (Å²) in [5.41, 5.74) is 1.92. The summed E-state index contributed by atoms with van der Waals surface area (Å²) in [5, 5.41) is 6.68. The molecule has 0 bridgehead atoms. The quantitative estimate of drug-likeness (QED) is 0.664. The second-order valence-electron chi connectivity index (χ2n) is 4.06. The second kappa shape index (κ2) is 5.95. The van der Waals surface area contributed by atoms with Crippen LogP contribution in [0.3, 0.4) is 0 Å². The molecule has 0 amide bonds. The smallest absolute Gasteiger partial charge is 0.237 e. The largest absolute Gasteiger partial charge is 0.338 e. The molecule has 3 aromatic rings. The molecule has 3 rings (SSSR count). The van der Waals surface area contributed by atoms with Gasteiger partial charge in [0.1, 0.15) is 0 Å². The summed E-state index contributed by atoms with van der Waals surface area (Å²) in [4.78, 5) is 8.74. The summed E-state index contributed by atoms with van der Waals surface area (Å²) in [5.74, 6) is 1.79. The fourth-order valence-electron chi connectivity index (χ4n) is 1.55. The zero-order chi connectivity index (χ0) is 13.9. The molecule has 102 valence electrons. The number of thioether (sulfide) groups is 1. The maximum Gasteiger partial charge on any atom is 0.237 e. The molecule has 0 aliphatic rings. The van der Waals surface area contributed by atoms with Gasteiger partial charge in [-0.15, -0.1) is 11.3 Å². The van der Waals surface area contributed by atoms with E-state index in [-0.39, 0.29) is 0 Å². The Kier molecular flexibility index (Phi) is 4.05. The maximum absolute atomic E-state index is 5.85. The zero-order valence-electron chi connectivity index (χ0n) is 10.5. The van der Waals surface area contributed by atoms with Crippen LogP contribution in [0.15, 0.2) is 38.5 Å². The Hall–Kier alpha value is -1.37. The first kappa shape index (κ1) is 13.6. The minimum absolute atomic E-state index is 0.576. The van der Waals surface area contributed by atoms with Crippen LogP contribution in [0.2, 0.25) is 5.02 Å². The van der Waals surface area contributed by atoms with Crippen LogP contribution in [-0.4, -0.2) is 15.1 Å². The van der Waals surface area contributed by atoms with Gasteiger partial charge in [-0.3, -0.25) is 0 Å². The van der Waals surface area contributed by atoms with E-state index >= 15 is 0 Å². The monoisotopic (exact) mass is 323 g/mol. The summed E-state index contributed by atoms with van der Waals surface area (Å²) in [6, 6.07) is 7.35. The molecule has 0 spiro atoms. The first-order valence-corrected chi connectivity index (χ1v) is 8.08. The fourth-order valence-corrected chi connectivity index (χ4v) is 3.36. The van der Waals surface area contributed by atoms with Crippen molar-refractivity contribution in [1.82, 2.24) is 15.1 Å². The van der Waals surface area contributed by atoms with E-state index in [1.807, 2.05) is 24.4 Å². The van der Waals surface area contributed by atoms with Crippen LogP contribution < -0.4 is 0 Å². The Morgan fingerprint density at radius 2 is 2.05 bits per heavy atom. The van der Waals surface area contributed by atoms with E-state index in [0.717, 1.165) is 15.6 Å². The molecule has 4 nitrogen and oxygen atoms in total. The Morgan fingerprint density at radius 1 is 1.25 bits per heavy atom. The molecule has 20 heavy (non-hydrogen) atoms. The minimum Gasteiger partial charge on any atom is -0.338 e. The standard InChI is InChI=1S/C13H10ClN3OS2/c1-8-6-19-13(15-8)20-7-11-16-12(17-18-11)9-2-4-10(14)5-3-9/h2-6H,7H2,1H3. The van der Waals surface area contributed by atoms with E-state index in [9.17, 15) is 0 Å². The normalized spacial score (nSPS) is 10.9. The lowest BCUT2D eigenvalue weighted by Crippen LogP contribution is -1.82. The first-order chi connectivity index (χ1) is 9.70. The molecular weight excluding hydrogens is 314 g/mol. The molecule has 0 saturated carbocycles. The first-order valence-electron chi connectivity index (χ1n) is 5.84. The van der Waals surface area contributed by atoms with E-state index < -0.39 is 0 Å². The number of benzene rings is 1. The number of hydrogen-bond acceptors (Lipinski definition) is 6. The van der Waals surface area contributed by atoms with Gasteiger partial charge in [0, 0.05) is 21.7 Å². The van der Waals surface area contributed by atoms with Gasteiger partial charge in [0.15, 0.2) is 4.34 Å². The average Bonchev–Trinajstić information content (AvgIpc) is 3.06. The summed E-state index contributed by atoms with van der Waals surface area (Å²) >= 11 is 9.07. The van der Waals surface area contributed by atoms with Crippen LogP contribution in [0, 0.1) is 6.92 Å². The van der Waals surface area contributed by atoms with Crippen molar-refractivity contribution in [2.45, 2.75) is 17.0 Å². The topological polar surface area (TPSA) is 51.8 Å². The van der Waals surface area contributed by atoms with Crippen molar-refractivity contribution in [2.75, 3.05) is 0 Å². The Bertz CT molecular complexity index is 708. The van der Waals surface area contributed by atoms with Gasteiger partial charge >= 0.3 is 0 Å². The molecular formula is C13H10ClN3OS2. The summed E-state index contributed by atoms with van der Waals surface area (Å²) in [7, 11) is 0. The van der Waals surface area contributed by atoms with Gasteiger partial charge in [-0.05, 0) is 31.2 Å². The lowest BCUT2D eigenvalue weighted by molar-refractivity contribution is 0.391. The predicted octanol–water partition coefficient (Wildman–Crippen LogP) is 4.45. The summed E-state index contributed by atoms with van der Waals surface area (Å²) in [6.07, 6.45) is 0. The number of hydrogen-bond donors (Lipinski definition) is 0. The zero-order valence-corrected chi connectivity index (χ0v) is 12.9. The highest BCUT2D eigenvalue weighted by molar-refractivity contribution is 8.00. The molecule has 1 aromatic carbocycles. The van der Waals surface area contributed by atoms with Crippen LogP contribution in [0.4, 0.5) is 0 Å². The van der Waals surface area contributed by atoms with Crippen LogP contribution in [-0.2, 0) is 5.75 Å².